The molecule has 2 aliphatic rings. The minimum atomic E-state index is -1.34. The molecule has 0 bridgehead atoms. The number of carbonyl (C=O) groups excluding carboxylic acids is 3. The largest absolute Gasteiger partial charge is 0.454 e. The summed E-state index contributed by atoms with van der Waals surface area (Å²) < 4.78 is 30.4. The molecule has 0 unspecified atom stereocenters. The Morgan fingerprint density at radius 2 is 1.33 bits per heavy atom. The van der Waals surface area contributed by atoms with Crippen LogP contribution in [0.1, 0.15) is 34.3 Å². The van der Waals surface area contributed by atoms with Crippen LogP contribution < -0.4 is 0 Å². The lowest BCUT2D eigenvalue weighted by atomic mass is 9.92. The van der Waals surface area contributed by atoms with E-state index >= 15 is 0 Å². The van der Waals surface area contributed by atoms with Crippen molar-refractivity contribution in [2.75, 3.05) is 13.7 Å². The Balaban J connectivity index is 1.52. The molecule has 0 aliphatic carbocycles. The summed E-state index contributed by atoms with van der Waals surface area (Å²) in [5.41, 5.74) is 2.14. The normalized spacial score (nSPS) is 27.6. The van der Waals surface area contributed by atoms with Crippen LogP contribution in [0.3, 0.4) is 0 Å². The highest BCUT2D eigenvalue weighted by Gasteiger charge is 2.53. The summed E-state index contributed by atoms with van der Waals surface area (Å²) in [4.78, 5) is 41.1. The third-order valence-corrected chi connectivity index (χ3v) is 8.68. The van der Waals surface area contributed by atoms with E-state index in [4.69, 9.17) is 23.7 Å². The average molecular weight is 694 g/mol. The van der Waals surface area contributed by atoms with E-state index in [0.717, 1.165) is 15.6 Å². The Bertz CT molecular complexity index is 1480. The summed E-state index contributed by atoms with van der Waals surface area (Å²) in [7, 11) is 1.36. The minimum Gasteiger partial charge on any atom is -0.454 e. The Labute approximate surface area is 276 Å². The lowest BCUT2D eigenvalue weighted by molar-refractivity contribution is -0.301. The molecule has 10 heteroatoms. The maximum absolute atomic E-state index is 13.9. The van der Waals surface area contributed by atoms with Crippen molar-refractivity contribution in [2.45, 2.75) is 56.4 Å². The molecule has 0 aromatic heterocycles. The number of esters is 3. The number of ether oxygens (including phenoxy) is 5. The molecule has 2 heterocycles. The zero-order valence-corrected chi connectivity index (χ0v) is 27.0. The van der Waals surface area contributed by atoms with Gasteiger partial charge >= 0.3 is 17.9 Å². The third-order valence-electron chi connectivity index (χ3n) is 8.16. The van der Waals surface area contributed by atoms with Gasteiger partial charge in [0.15, 0.2) is 24.6 Å². The number of fused-ring (bicyclic) bond motifs is 1. The summed E-state index contributed by atoms with van der Waals surface area (Å²) >= 11 is 3.35. The Morgan fingerprint density at radius 3 is 1.83 bits per heavy atom. The first-order valence-electron chi connectivity index (χ1n) is 15.3. The van der Waals surface area contributed by atoms with Gasteiger partial charge in [-0.3, -0.25) is 9.59 Å². The van der Waals surface area contributed by atoms with Crippen molar-refractivity contribution in [1.29, 1.82) is 0 Å². The number of halogens is 1. The van der Waals surface area contributed by atoms with Crippen LogP contribution in [-0.2, 0) is 46.1 Å². The second kappa shape index (κ2) is 16.1. The van der Waals surface area contributed by atoms with E-state index in [-0.39, 0.29) is 5.56 Å². The number of carbonyl (C=O) groups is 3. The molecule has 3 aromatic carbocycles. The quantitative estimate of drug-likeness (QED) is 0.192. The summed E-state index contributed by atoms with van der Waals surface area (Å²) in [6.07, 6.45) is -0.998. The zero-order chi connectivity index (χ0) is 32.5. The Kier molecular flexibility index (Phi) is 11.8. The van der Waals surface area contributed by atoms with E-state index in [0.29, 0.717) is 25.7 Å². The van der Waals surface area contributed by atoms with Crippen molar-refractivity contribution in [3.05, 3.63) is 118 Å². The molecular formula is C36H37BrO9. The molecule has 0 radical (unpaired) electrons. The highest BCUT2D eigenvalue weighted by atomic mass is 79.9. The first-order valence-corrected chi connectivity index (χ1v) is 16.0. The second-order valence-corrected chi connectivity index (χ2v) is 12.3. The summed E-state index contributed by atoms with van der Waals surface area (Å²) in [5, 5.41) is 10.3. The van der Waals surface area contributed by atoms with Gasteiger partial charge in [-0.15, -0.1) is 0 Å². The van der Waals surface area contributed by atoms with Crippen molar-refractivity contribution in [2.24, 2.45) is 11.8 Å². The highest BCUT2D eigenvalue weighted by molar-refractivity contribution is 9.10. The standard InChI is InChI=1S/C36H37BrO9/c1-42-36-32-31(30(29(22-38)43-36)44-33(39)25-16-18-28(37)19-17-25)45-34(40)26(20-23-10-4-2-5-11-23)14-8-9-15-27(35(41)46-32)21-24-12-6-3-7-13-24/h2-13,16-19,26-27,29-32,36,38H,14-15,20-22H2,1H3/b9-8-/t26-,27-,29+,30+,31-,32+,36-/m0/s1. The van der Waals surface area contributed by atoms with Crippen LogP contribution in [0, 0.1) is 11.8 Å². The van der Waals surface area contributed by atoms with Gasteiger partial charge in [0.25, 0.3) is 0 Å². The number of benzene rings is 3. The molecule has 46 heavy (non-hydrogen) atoms. The van der Waals surface area contributed by atoms with Crippen molar-refractivity contribution in [1.82, 2.24) is 0 Å². The number of hydrogen-bond donors (Lipinski definition) is 1. The maximum atomic E-state index is 13.9. The monoisotopic (exact) mass is 692 g/mol. The van der Waals surface area contributed by atoms with E-state index in [1.807, 2.05) is 72.8 Å². The number of methoxy groups -OCH3 is 1. The fraction of sp³-hybridized carbons (Fsp3) is 0.361. The molecule has 5 rings (SSSR count). The molecule has 0 spiro atoms. The minimum absolute atomic E-state index is 0.233. The van der Waals surface area contributed by atoms with Crippen LogP contribution in [0.25, 0.3) is 0 Å². The summed E-state index contributed by atoms with van der Waals surface area (Å²) in [6.45, 7) is -0.584. The van der Waals surface area contributed by atoms with Crippen LogP contribution in [0.4, 0.5) is 0 Å². The van der Waals surface area contributed by atoms with Gasteiger partial charge in [-0.05, 0) is 61.1 Å². The van der Waals surface area contributed by atoms with Gasteiger partial charge in [0.1, 0.15) is 6.10 Å². The molecule has 9 nitrogen and oxygen atoms in total. The molecule has 1 saturated heterocycles. The van der Waals surface area contributed by atoms with E-state index in [9.17, 15) is 19.5 Å². The van der Waals surface area contributed by atoms with Crippen LogP contribution in [0.5, 0.6) is 0 Å². The fourth-order valence-electron chi connectivity index (χ4n) is 5.70. The molecule has 1 fully saturated rings. The van der Waals surface area contributed by atoms with Crippen LogP contribution >= 0.6 is 15.9 Å². The van der Waals surface area contributed by atoms with Crippen molar-refractivity contribution in [3.8, 4) is 0 Å². The van der Waals surface area contributed by atoms with Crippen molar-refractivity contribution >= 4 is 33.8 Å². The van der Waals surface area contributed by atoms with Gasteiger partial charge in [0.05, 0.1) is 24.0 Å². The van der Waals surface area contributed by atoms with Gasteiger partial charge < -0.3 is 28.8 Å². The van der Waals surface area contributed by atoms with Gasteiger partial charge in [0, 0.05) is 11.6 Å². The van der Waals surface area contributed by atoms with Crippen LogP contribution in [0.15, 0.2) is 102 Å². The number of hydrogen-bond acceptors (Lipinski definition) is 9. The first-order chi connectivity index (χ1) is 22.4. The molecular weight excluding hydrogens is 656 g/mol. The predicted octanol–water partition coefficient (Wildman–Crippen LogP) is 5.23. The zero-order valence-electron chi connectivity index (χ0n) is 25.4. The molecule has 242 valence electrons. The third kappa shape index (κ3) is 8.50. The maximum Gasteiger partial charge on any atom is 0.338 e. The number of aliphatic hydroxyl groups excluding tert-OH is 1. The lowest BCUT2D eigenvalue weighted by Gasteiger charge is -2.44. The topological polar surface area (TPSA) is 118 Å². The highest BCUT2D eigenvalue weighted by Crippen LogP contribution is 2.32. The molecule has 7 atom stereocenters. The van der Waals surface area contributed by atoms with Crippen LogP contribution in [-0.4, -0.2) is 67.4 Å². The van der Waals surface area contributed by atoms with E-state index in [2.05, 4.69) is 15.9 Å². The molecule has 1 N–H and O–H groups in total. The van der Waals surface area contributed by atoms with Gasteiger partial charge in [-0.25, -0.2) is 4.79 Å². The smallest absolute Gasteiger partial charge is 0.338 e. The fourth-order valence-corrected chi connectivity index (χ4v) is 5.96. The molecule has 3 aromatic rings. The second-order valence-electron chi connectivity index (χ2n) is 11.4. The van der Waals surface area contributed by atoms with Crippen LogP contribution in [0.2, 0.25) is 0 Å². The molecule has 0 saturated carbocycles. The Morgan fingerprint density at radius 1 is 0.804 bits per heavy atom. The lowest BCUT2D eigenvalue weighted by Crippen LogP contribution is -2.63. The van der Waals surface area contributed by atoms with Crippen molar-refractivity contribution in [3.63, 3.8) is 0 Å². The Hall–Kier alpha value is -3.83. The average Bonchev–Trinajstić information content (AvgIpc) is 3.07. The SMILES string of the molecule is CO[C@H]1O[C@H](CO)[C@@H](OC(=O)c2ccc(Br)cc2)[C@@H]2OC(=O)[C@H](Cc3ccccc3)C/C=C\C[C@@H](Cc3ccccc3)C(=O)O[C@@H]12. The summed E-state index contributed by atoms with van der Waals surface area (Å²) in [6, 6.07) is 25.7. The molecule has 0 amide bonds. The van der Waals surface area contributed by atoms with Gasteiger partial charge in [-0.1, -0.05) is 88.7 Å². The number of rotatable bonds is 8. The number of allylic oxidation sites excluding steroid dienone is 2. The first kappa shape index (κ1) is 33.5. The van der Waals surface area contributed by atoms with E-state index in [1.165, 1.54) is 7.11 Å². The van der Waals surface area contributed by atoms with Gasteiger partial charge in [-0.2, -0.15) is 0 Å². The predicted molar refractivity (Wildman–Crippen MR) is 172 cm³/mol. The van der Waals surface area contributed by atoms with Gasteiger partial charge in [0.2, 0.25) is 0 Å². The number of aliphatic hydroxyl groups is 1. The van der Waals surface area contributed by atoms with E-state index in [1.54, 1.807) is 24.3 Å². The van der Waals surface area contributed by atoms with Crippen molar-refractivity contribution < 1.29 is 43.2 Å². The summed E-state index contributed by atoms with van der Waals surface area (Å²) in [5.74, 6) is -3.01. The van der Waals surface area contributed by atoms with E-state index < -0.39 is 67.1 Å². The molecule has 2 aliphatic heterocycles.